The molecule has 1 saturated heterocycles. The molecular weight excluding hydrogens is 508 g/mol. The van der Waals surface area contributed by atoms with Crippen LogP contribution in [0.3, 0.4) is 0 Å². The average molecular weight is 543 g/mol. The lowest BCUT2D eigenvalue weighted by Crippen LogP contribution is -2.42. The van der Waals surface area contributed by atoms with E-state index in [0.29, 0.717) is 11.6 Å². The van der Waals surface area contributed by atoms with E-state index in [1.807, 2.05) is 39.0 Å². The maximum atomic E-state index is 13.0. The summed E-state index contributed by atoms with van der Waals surface area (Å²) in [6.45, 7) is 7.17. The zero-order valence-electron chi connectivity index (χ0n) is 23.7. The van der Waals surface area contributed by atoms with E-state index in [9.17, 15) is 9.90 Å². The van der Waals surface area contributed by atoms with Gasteiger partial charge in [-0.1, -0.05) is 0 Å². The molecule has 1 aliphatic rings. The Balaban J connectivity index is 1.53. The number of imidazole rings is 1. The predicted octanol–water partition coefficient (Wildman–Crippen LogP) is 3.37. The summed E-state index contributed by atoms with van der Waals surface area (Å²) in [5.41, 5.74) is 3.89. The highest BCUT2D eigenvalue weighted by Gasteiger charge is 2.32. The molecule has 1 fully saturated rings. The zero-order valence-corrected chi connectivity index (χ0v) is 23.7. The summed E-state index contributed by atoms with van der Waals surface area (Å²) in [6.07, 6.45) is 6.90. The van der Waals surface area contributed by atoms with Crippen molar-refractivity contribution in [2.24, 2.45) is 20.0 Å². The van der Waals surface area contributed by atoms with Crippen molar-refractivity contribution in [2.75, 3.05) is 25.1 Å². The fourth-order valence-corrected chi connectivity index (χ4v) is 5.88. The Morgan fingerprint density at radius 3 is 2.50 bits per heavy atom. The van der Waals surface area contributed by atoms with Crippen LogP contribution in [0.5, 0.6) is 5.75 Å². The summed E-state index contributed by atoms with van der Waals surface area (Å²) < 4.78 is 10.7. The van der Waals surface area contributed by atoms with Crippen molar-refractivity contribution in [1.29, 1.82) is 0 Å². The van der Waals surface area contributed by atoms with Crippen molar-refractivity contribution >= 4 is 27.8 Å². The number of aryl methyl sites for hydroxylation is 3. The minimum Gasteiger partial charge on any atom is -0.496 e. The Morgan fingerprint density at radius 1 is 1.05 bits per heavy atom. The van der Waals surface area contributed by atoms with Gasteiger partial charge in [-0.2, -0.15) is 5.10 Å². The lowest BCUT2D eigenvalue weighted by Gasteiger charge is -2.38. The molecule has 11 heteroatoms. The maximum Gasteiger partial charge on any atom is 0.328 e. The quantitative estimate of drug-likeness (QED) is 0.359. The minimum absolute atomic E-state index is 0.113. The van der Waals surface area contributed by atoms with Gasteiger partial charge in [-0.05, 0) is 51.7 Å². The largest absolute Gasteiger partial charge is 0.496 e. The fraction of sp³-hybridized carbons (Fsp3) is 0.414. The first-order chi connectivity index (χ1) is 19.1. The molecule has 0 atom stereocenters. The van der Waals surface area contributed by atoms with E-state index in [-0.39, 0.29) is 11.6 Å². The number of nitrogens with zero attached hydrogens (tertiary/aromatic N) is 8. The average Bonchev–Trinajstić information content (AvgIpc) is 3.47. The van der Waals surface area contributed by atoms with Crippen LogP contribution >= 0.6 is 0 Å². The molecule has 0 unspecified atom stereocenters. The van der Waals surface area contributed by atoms with Gasteiger partial charge in [0.1, 0.15) is 11.3 Å². The van der Waals surface area contributed by atoms with Crippen LogP contribution in [0.15, 0.2) is 41.6 Å². The van der Waals surface area contributed by atoms with Crippen LogP contribution in [0.1, 0.15) is 32.4 Å². The normalized spacial score (nSPS) is 14.9. The second-order valence-electron chi connectivity index (χ2n) is 11.1. The molecule has 0 aliphatic carbocycles. The summed E-state index contributed by atoms with van der Waals surface area (Å²) in [7, 11) is 5.19. The van der Waals surface area contributed by atoms with Crippen LogP contribution in [0.25, 0.3) is 39.0 Å². The molecule has 5 aromatic rings. The van der Waals surface area contributed by atoms with Gasteiger partial charge < -0.3 is 14.7 Å². The molecule has 5 aromatic heterocycles. The highest BCUT2D eigenvalue weighted by molar-refractivity contribution is 5.91. The topological polar surface area (TPSA) is 116 Å². The summed E-state index contributed by atoms with van der Waals surface area (Å²) in [5.74, 6) is 2.24. The Labute approximate surface area is 231 Å². The molecule has 6 heterocycles. The Hall–Kier alpha value is -4.25. The molecule has 11 nitrogen and oxygen atoms in total. The van der Waals surface area contributed by atoms with Crippen LogP contribution in [0.2, 0.25) is 0 Å². The van der Waals surface area contributed by atoms with Gasteiger partial charge >= 0.3 is 5.69 Å². The molecule has 0 saturated carbocycles. The number of anilines is 1. The number of aliphatic hydroxyl groups is 1. The van der Waals surface area contributed by atoms with Crippen molar-refractivity contribution in [3.05, 3.63) is 53.0 Å². The number of rotatable bonds is 5. The number of aromatic nitrogens is 7. The third-order valence-corrected chi connectivity index (χ3v) is 8.26. The Bertz CT molecular complexity index is 1800. The zero-order chi connectivity index (χ0) is 28.3. The SMILES string of the molecule is COc1ccncc1-c1cc2c(cnn2-c2cc3c(c(N4CCC(C(C)(C)O)CC4)n2)n(C)c(=O)n3C)c(C)n1. The second kappa shape index (κ2) is 9.44. The molecule has 0 amide bonds. The van der Waals surface area contributed by atoms with Crippen molar-refractivity contribution in [3.8, 4) is 22.8 Å². The summed E-state index contributed by atoms with van der Waals surface area (Å²) in [5, 5.41) is 16.2. The first kappa shape index (κ1) is 26.0. The molecule has 1 aliphatic heterocycles. The smallest absolute Gasteiger partial charge is 0.328 e. The number of pyridine rings is 3. The van der Waals surface area contributed by atoms with E-state index in [0.717, 1.165) is 70.6 Å². The third-order valence-electron chi connectivity index (χ3n) is 8.26. The number of hydrogen-bond donors (Lipinski definition) is 1. The van der Waals surface area contributed by atoms with E-state index < -0.39 is 5.60 Å². The van der Waals surface area contributed by atoms with E-state index in [2.05, 4.69) is 9.88 Å². The van der Waals surface area contributed by atoms with Crippen LogP contribution in [0.4, 0.5) is 5.82 Å². The minimum atomic E-state index is -0.731. The van der Waals surface area contributed by atoms with E-state index in [4.69, 9.17) is 19.8 Å². The number of piperidine rings is 1. The second-order valence-corrected chi connectivity index (χ2v) is 11.1. The number of methoxy groups -OCH3 is 1. The number of ether oxygens (including phenoxy) is 1. The van der Waals surface area contributed by atoms with Gasteiger partial charge in [0.2, 0.25) is 0 Å². The van der Waals surface area contributed by atoms with Gasteiger partial charge in [-0.3, -0.25) is 19.1 Å². The molecule has 0 radical (unpaired) electrons. The molecule has 0 bridgehead atoms. The van der Waals surface area contributed by atoms with Crippen molar-refractivity contribution in [1.82, 2.24) is 33.9 Å². The van der Waals surface area contributed by atoms with Gasteiger partial charge in [0.15, 0.2) is 11.6 Å². The molecule has 0 spiro atoms. The highest BCUT2D eigenvalue weighted by atomic mass is 16.5. The van der Waals surface area contributed by atoms with Crippen LogP contribution < -0.4 is 15.3 Å². The lowest BCUT2D eigenvalue weighted by atomic mass is 9.83. The standard InChI is InChI=1S/C29H34N8O3/c1-17-19-16-31-37(22(19)13-21(32-17)20-15-30-10-7-24(20)40-6)25-14-23-26(35(5)28(38)34(23)4)27(33-25)36-11-8-18(9-12-36)29(2,3)39/h7,10,13-16,18,39H,8-9,11-12H2,1-6H3. The molecule has 208 valence electrons. The van der Waals surface area contributed by atoms with Gasteiger partial charge in [0.05, 0.1) is 41.2 Å². The number of hydrogen-bond acceptors (Lipinski definition) is 8. The maximum absolute atomic E-state index is 13.0. The third kappa shape index (κ3) is 4.12. The van der Waals surface area contributed by atoms with E-state index in [1.165, 1.54) is 0 Å². The lowest BCUT2D eigenvalue weighted by molar-refractivity contribution is 0.00647. The number of fused-ring (bicyclic) bond motifs is 2. The van der Waals surface area contributed by atoms with Gasteiger partial charge in [0.25, 0.3) is 0 Å². The van der Waals surface area contributed by atoms with Crippen molar-refractivity contribution in [3.63, 3.8) is 0 Å². The van der Waals surface area contributed by atoms with E-state index >= 15 is 0 Å². The molecule has 40 heavy (non-hydrogen) atoms. The molecule has 1 N–H and O–H groups in total. The highest BCUT2D eigenvalue weighted by Crippen LogP contribution is 2.35. The van der Waals surface area contributed by atoms with Crippen molar-refractivity contribution in [2.45, 2.75) is 39.2 Å². The Kier molecular flexibility index (Phi) is 6.14. The van der Waals surface area contributed by atoms with Gasteiger partial charge in [-0.15, -0.1) is 0 Å². The van der Waals surface area contributed by atoms with E-state index in [1.54, 1.807) is 53.6 Å². The van der Waals surface area contributed by atoms with Crippen molar-refractivity contribution < 1.29 is 9.84 Å². The van der Waals surface area contributed by atoms with Gasteiger partial charge in [0, 0.05) is 56.7 Å². The van der Waals surface area contributed by atoms with Crippen LogP contribution in [-0.4, -0.2) is 64.8 Å². The molecule has 0 aromatic carbocycles. The monoisotopic (exact) mass is 542 g/mol. The molecule has 6 rings (SSSR count). The summed E-state index contributed by atoms with van der Waals surface area (Å²) in [6, 6.07) is 5.70. The fourth-order valence-electron chi connectivity index (χ4n) is 5.88. The predicted molar refractivity (Wildman–Crippen MR) is 154 cm³/mol. The summed E-state index contributed by atoms with van der Waals surface area (Å²) in [4.78, 5) is 29.4. The Morgan fingerprint density at radius 2 is 1.80 bits per heavy atom. The van der Waals surface area contributed by atoms with Crippen LogP contribution in [-0.2, 0) is 14.1 Å². The first-order valence-electron chi connectivity index (χ1n) is 13.5. The van der Waals surface area contributed by atoms with Gasteiger partial charge in [-0.25, -0.2) is 14.5 Å². The van der Waals surface area contributed by atoms with Crippen LogP contribution in [0, 0.1) is 12.8 Å². The first-order valence-corrected chi connectivity index (χ1v) is 13.5. The molecular formula is C29H34N8O3. The summed E-state index contributed by atoms with van der Waals surface area (Å²) >= 11 is 0.